The van der Waals surface area contributed by atoms with E-state index in [1.54, 1.807) is 0 Å². The van der Waals surface area contributed by atoms with E-state index in [0.29, 0.717) is 11.7 Å². The van der Waals surface area contributed by atoms with E-state index in [4.69, 9.17) is 0 Å². The van der Waals surface area contributed by atoms with Crippen LogP contribution in [0.15, 0.2) is 6.20 Å². The lowest BCUT2D eigenvalue weighted by Gasteiger charge is -2.25. The normalized spacial score (nSPS) is 17.0. The monoisotopic (exact) mass is 183 g/mol. The zero-order valence-electron chi connectivity index (χ0n) is 6.49. The number of hydrogen-bond donors (Lipinski definition) is 1. The molecular formula is C7H9N3OS. The average molecular weight is 183 g/mol. The van der Waals surface area contributed by atoms with Gasteiger partial charge in [-0.3, -0.25) is 4.79 Å². The van der Waals surface area contributed by atoms with Gasteiger partial charge in [0, 0.05) is 6.04 Å². The van der Waals surface area contributed by atoms with Gasteiger partial charge in [-0.15, -0.1) is 0 Å². The van der Waals surface area contributed by atoms with E-state index in [1.807, 2.05) is 0 Å². The third-order valence-electron chi connectivity index (χ3n) is 2.03. The number of carbonyl (C=O) groups excluding carboxylic acids is 1. The molecule has 64 valence electrons. The SMILES string of the molecule is O=C(NC1CCC1)c1cnsn1. The largest absolute Gasteiger partial charge is 0.348 e. The van der Waals surface area contributed by atoms with Gasteiger partial charge < -0.3 is 5.32 Å². The summed E-state index contributed by atoms with van der Waals surface area (Å²) in [6.07, 6.45) is 4.92. The maximum absolute atomic E-state index is 11.3. The molecule has 0 saturated heterocycles. The minimum Gasteiger partial charge on any atom is -0.348 e. The fourth-order valence-electron chi connectivity index (χ4n) is 1.08. The van der Waals surface area contributed by atoms with E-state index < -0.39 is 0 Å². The van der Waals surface area contributed by atoms with Crippen LogP contribution in [0.3, 0.4) is 0 Å². The Hall–Kier alpha value is -0.970. The highest BCUT2D eigenvalue weighted by atomic mass is 32.1. The van der Waals surface area contributed by atoms with Crippen molar-refractivity contribution < 1.29 is 4.79 Å². The minimum atomic E-state index is -0.0894. The zero-order valence-corrected chi connectivity index (χ0v) is 7.30. The van der Waals surface area contributed by atoms with E-state index in [9.17, 15) is 4.79 Å². The molecule has 0 radical (unpaired) electrons. The van der Waals surface area contributed by atoms with Crippen LogP contribution in [-0.2, 0) is 0 Å². The molecule has 12 heavy (non-hydrogen) atoms. The Labute approximate surface area is 74.3 Å². The Balaban J connectivity index is 1.92. The van der Waals surface area contributed by atoms with Gasteiger partial charge in [-0.25, -0.2) is 0 Å². The van der Waals surface area contributed by atoms with Gasteiger partial charge in [-0.2, -0.15) is 8.75 Å². The molecular weight excluding hydrogens is 174 g/mol. The van der Waals surface area contributed by atoms with Crippen LogP contribution in [0.25, 0.3) is 0 Å². The molecule has 1 saturated carbocycles. The molecule has 1 aromatic rings. The van der Waals surface area contributed by atoms with Gasteiger partial charge in [-0.1, -0.05) is 0 Å². The summed E-state index contributed by atoms with van der Waals surface area (Å²) >= 11 is 1.06. The lowest BCUT2D eigenvalue weighted by Crippen LogP contribution is -2.39. The van der Waals surface area contributed by atoms with Crippen LogP contribution in [0.1, 0.15) is 29.8 Å². The van der Waals surface area contributed by atoms with Crippen LogP contribution in [0.2, 0.25) is 0 Å². The van der Waals surface area contributed by atoms with Gasteiger partial charge in [0.05, 0.1) is 17.9 Å². The van der Waals surface area contributed by atoms with Crippen molar-refractivity contribution in [2.75, 3.05) is 0 Å². The number of rotatable bonds is 2. The fraction of sp³-hybridized carbons (Fsp3) is 0.571. The molecule has 1 aliphatic rings. The van der Waals surface area contributed by atoms with Gasteiger partial charge in [0.15, 0.2) is 5.69 Å². The molecule has 0 aliphatic heterocycles. The molecule has 0 aromatic carbocycles. The number of amides is 1. The molecule has 1 amide bonds. The highest BCUT2D eigenvalue weighted by Gasteiger charge is 2.20. The van der Waals surface area contributed by atoms with Crippen LogP contribution in [0.5, 0.6) is 0 Å². The van der Waals surface area contributed by atoms with Gasteiger partial charge in [-0.05, 0) is 19.3 Å². The quantitative estimate of drug-likeness (QED) is 0.738. The first-order valence-corrected chi connectivity index (χ1v) is 4.68. The molecule has 1 aromatic heterocycles. The van der Waals surface area contributed by atoms with Gasteiger partial charge in [0.1, 0.15) is 0 Å². The molecule has 0 bridgehead atoms. The van der Waals surface area contributed by atoms with Crippen LogP contribution in [-0.4, -0.2) is 20.7 Å². The summed E-state index contributed by atoms with van der Waals surface area (Å²) < 4.78 is 7.61. The first-order valence-electron chi connectivity index (χ1n) is 3.94. The van der Waals surface area contributed by atoms with Gasteiger partial charge in [0.25, 0.3) is 5.91 Å². The van der Waals surface area contributed by atoms with E-state index in [-0.39, 0.29) is 5.91 Å². The van der Waals surface area contributed by atoms with Crippen molar-refractivity contribution >= 4 is 17.6 Å². The minimum absolute atomic E-state index is 0.0894. The molecule has 1 fully saturated rings. The van der Waals surface area contributed by atoms with Crippen molar-refractivity contribution in [3.05, 3.63) is 11.9 Å². The Morgan fingerprint density at radius 2 is 2.50 bits per heavy atom. The van der Waals surface area contributed by atoms with Crippen molar-refractivity contribution in [1.29, 1.82) is 0 Å². The van der Waals surface area contributed by atoms with Crippen molar-refractivity contribution in [2.45, 2.75) is 25.3 Å². The smallest absolute Gasteiger partial charge is 0.272 e. The topological polar surface area (TPSA) is 54.9 Å². The van der Waals surface area contributed by atoms with Crippen molar-refractivity contribution in [3.63, 3.8) is 0 Å². The summed E-state index contributed by atoms with van der Waals surface area (Å²) in [5.41, 5.74) is 0.437. The maximum Gasteiger partial charge on any atom is 0.272 e. The second-order valence-corrected chi connectivity index (χ2v) is 3.45. The second-order valence-electron chi connectivity index (χ2n) is 2.89. The first kappa shape index (κ1) is 7.67. The lowest BCUT2D eigenvalue weighted by atomic mass is 9.93. The fourth-order valence-corrected chi connectivity index (χ4v) is 1.49. The number of hydrogen-bond acceptors (Lipinski definition) is 4. The van der Waals surface area contributed by atoms with Crippen LogP contribution in [0, 0.1) is 0 Å². The third-order valence-corrected chi connectivity index (χ3v) is 2.51. The van der Waals surface area contributed by atoms with Gasteiger partial charge >= 0.3 is 0 Å². The molecule has 1 heterocycles. The highest BCUT2D eigenvalue weighted by molar-refractivity contribution is 6.99. The molecule has 0 atom stereocenters. The number of carbonyl (C=O) groups is 1. The zero-order chi connectivity index (χ0) is 8.39. The molecule has 4 nitrogen and oxygen atoms in total. The summed E-state index contributed by atoms with van der Waals surface area (Å²) in [6.45, 7) is 0. The van der Waals surface area contributed by atoms with Gasteiger partial charge in [0.2, 0.25) is 0 Å². The summed E-state index contributed by atoms with van der Waals surface area (Å²) in [4.78, 5) is 11.3. The molecule has 0 spiro atoms. The Bertz CT molecular complexity index is 268. The average Bonchev–Trinajstić information content (AvgIpc) is 2.47. The summed E-state index contributed by atoms with van der Waals surface area (Å²) in [6, 6.07) is 0.374. The summed E-state index contributed by atoms with van der Waals surface area (Å²) in [5.74, 6) is -0.0894. The van der Waals surface area contributed by atoms with E-state index in [0.717, 1.165) is 24.6 Å². The molecule has 2 rings (SSSR count). The maximum atomic E-state index is 11.3. The predicted molar refractivity (Wildman–Crippen MR) is 45.0 cm³/mol. The van der Waals surface area contributed by atoms with Crippen molar-refractivity contribution in [1.82, 2.24) is 14.1 Å². The molecule has 5 heteroatoms. The van der Waals surface area contributed by atoms with Crippen LogP contribution < -0.4 is 5.32 Å². The number of aromatic nitrogens is 2. The predicted octanol–water partition coefficient (Wildman–Crippen LogP) is 0.820. The Kier molecular flexibility index (Phi) is 2.03. The standard InChI is InChI=1S/C7H9N3OS/c11-7(6-4-8-12-10-6)9-5-2-1-3-5/h4-5H,1-3H2,(H,9,11). The molecule has 1 aliphatic carbocycles. The summed E-state index contributed by atoms with van der Waals surface area (Å²) in [7, 11) is 0. The number of nitrogens with zero attached hydrogens (tertiary/aromatic N) is 2. The highest BCUT2D eigenvalue weighted by Crippen LogP contribution is 2.18. The van der Waals surface area contributed by atoms with E-state index in [1.165, 1.54) is 12.6 Å². The van der Waals surface area contributed by atoms with Crippen LogP contribution >= 0.6 is 11.7 Å². The number of nitrogens with one attached hydrogen (secondary N) is 1. The van der Waals surface area contributed by atoms with E-state index in [2.05, 4.69) is 14.1 Å². The Morgan fingerprint density at radius 3 is 3.00 bits per heavy atom. The molecule has 1 N–H and O–H groups in total. The lowest BCUT2D eigenvalue weighted by molar-refractivity contribution is 0.0913. The van der Waals surface area contributed by atoms with Crippen LogP contribution in [0.4, 0.5) is 0 Å². The first-order chi connectivity index (χ1) is 5.86. The van der Waals surface area contributed by atoms with Crippen molar-refractivity contribution in [3.8, 4) is 0 Å². The van der Waals surface area contributed by atoms with Crippen molar-refractivity contribution in [2.24, 2.45) is 0 Å². The summed E-state index contributed by atoms with van der Waals surface area (Å²) in [5, 5.41) is 2.88. The molecule has 0 unspecified atom stereocenters. The second kappa shape index (κ2) is 3.18. The third kappa shape index (κ3) is 1.45. The Morgan fingerprint density at radius 1 is 1.67 bits per heavy atom. The van der Waals surface area contributed by atoms with E-state index >= 15 is 0 Å².